The van der Waals surface area contributed by atoms with Crippen LogP contribution in [-0.4, -0.2) is 24.3 Å². The first-order valence-electron chi connectivity index (χ1n) is 5.95. The second-order valence-electron chi connectivity index (χ2n) is 4.35. The first kappa shape index (κ1) is 13.4. The first-order valence-corrected chi connectivity index (χ1v) is 5.95. The molecule has 1 aromatic heterocycles. The van der Waals surface area contributed by atoms with Crippen LogP contribution in [-0.2, 0) is 5.60 Å². The summed E-state index contributed by atoms with van der Waals surface area (Å²) >= 11 is 0. The summed E-state index contributed by atoms with van der Waals surface area (Å²) in [6.45, 7) is 1.70. The zero-order valence-corrected chi connectivity index (χ0v) is 11.3. The summed E-state index contributed by atoms with van der Waals surface area (Å²) in [5.74, 6) is 1.15. The molecule has 4 heteroatoms. The average molecular weight is 259 g/mol. The fraction of sp³-hybridized carbons (Fsp3) is 0.267. The van der Waals surface area contributed by atoms with Gasteiger partial charge in [-0.2, -0.15) is 0 Å². The molecule has 0 bridgehead atoms. The van der Waals surface area contributed by atoms with Crippen molar-refractivity contribution in [1.82, 2.24) is 4.98 Å². The van der Waals surface area contributed by atoms with Gasteiger partial charge in [0.1, 0.15) is 17.1 Å². The molecule has 2 rings (SSSR count). The minimum atomic E-state index is -1.24. The first-order chi connectivity index (χ1) is 9.11. The van der Waals surface area contributed by atoms with Gasteiger partial charge in [0, 0.05) is 18.0 Å². The molecule has 0 aliphatic heterocycles. The number of ether oxygens (including phenoxy) is 2. The van der Waals surface area contributed by atoms with E-state index in [0.29, 0.717) is 22.6 Å². The van der Waals surface area contributed by atoms with Crippen molar-refractivity contribution >= 4 is 0 Å². The third-order valence-corrected chi connectivity index (χ3v) is 3.14. The topological polar surface area (TPSA) is 51.6 Å². The number of pyridine rings is 1. The molecule has 0 fully saturated rings. The SMILES string of the molecule is COc1cccc(OC)c1C(C)(O)c1cccnc1. The van der Waals surface area contributed by atoms with Gasteiger partial charge < -0.3 is 14.6 Å². The predicted octanol–water partition coefficient (Wildman–Crippen LogP) is 2.35. The van der Waals surface area contributed by atoms with Crippen LogP contribution in [0.4, 0.5) is 0 Å². The van der Waals surface area contributed by atoms with Crippen molar-refractivity contribution in [2.24, 2.45) is 0 Å². The number of hydrogen-bond acceptors (Lipinski definition) is 4. The van der Waals surface area contributed by atoms with E-state index in [0.717, 1.165) is 0 Å². The van der Waals surface area contributed by atoms with Gasteiger partial charge in [-0.25, -0.2) is 0 Å². The van der Waals surface area contributed by atoms with Gasteiger partial charge in [-0.3, -0.25) is 4.98 Å². The van der Waals surface area contributed by atoms with Crippen LogP contribution in [0.15, 0.2) is 42.7 Å². The maximum Gasteiger partial charge on any atom is 0.129 e. The van der Waals surface area contributed by atoms with Crippen molar-refractivity contribution in [1.29, 1.82) is 0 Å². The van der Waals surface area contributed by atoms with Crippen LogP contribution < -0.4 is 9.47 Å². The van der Waals surface area contributed by atoms with Gasteiger partial charge in [0.2, 0.25) is 0 Å². The largest absolute Gasteiger partial charge is 0.496 e. The quantitative estimate of drug-likeness (QED) is 0.915. The fourth-order valence-corrected chi connectivity index (χ4v) is 2.13. The van der Waals surface area contributed by atoms with Gasteiger partial charge >= 0.3 is 0 Å². The third kappa shape index (κ3) is 2.39. The summed E-state index contributed by atoms with van der Waals surface area (Å²) < 4.78 is 10.7. The van der Waals surface area contributed by atoms with Gasteiger partial charge in [0.15, 0.2) is 0 Å². The highest BCUT2D eigenvalue weighted by atomic mass is 16.5. The van der Waals surface area contributed by atoms with Crippen LogP contribution in [0.5, 0.6) is 11.5 Å². The number of rotatable bonds is 4. The van der Waals surface area contributed by atoms with Crippen LogP contribution in [0.25, 0.3) is 0 Å². The van der Waals surface area contributed by atoms with E-state index in [1.54, 1.807) is 51.7 Å². The van der Waals surface area contributed by atoms with Gasteiger partial charge in [-0.1, -0.05) is 12.1 Å². The molecule has 4 nitrogen and oxygen atoms in total. The number of aliphatic hydroxyl groups is 1. The van der Waals surface area contributed by atoms with Crippen LogP contribution in [0.1, 0.15) is 18.1 Å². The molecule has 100 valence electrons. The lowest BCUT2D eigenvalue weighted by molar-refractivity contribution is 0.0952. The Labute approximate surface area is 112 Å². The second kappa shape index (κ2) is 5.28. The molecule has 0 aliphatic rings. The Morgan fingerprint density at radius 1 is 1.05 bits per heavy atom. The van der Waals surface area contributed by atoms with E-state index in [1.165, 1.54) is 0 Å². The number of hydrogen-bond donors (Lipinski definition) is 1. The zero-order valence-electron chi connectivity index (χ0n) is 11.3. The Morgan fingerprint density at radius 2 is 1.68 bits per heavy atom. The number of methoxy groups -OCH3 is 2. The lowest BCUT2D eigenvalue weighted by Gasteiger charge is -2.27. The van der Waals surface area contributed by atoms with Crippen molar-refractivity contribution in [2.75, 3.05) is 14.2 Å². The number of nitrogens with zero attached hydrogens (tertiary/aromatic N) is 1. The molecule has 1 atom stereocenters. The molecule has 1 heterocycles. The molecule has 0 saturated heterocycles. The minimum absolute atomic E-state index is 0.577. The lowest BCUT2D eigenvalue weighted by atomic mass is 9.88. The second-order valence-corrected chi connectivity index (χ2v) is 4.35. The Kier molecular flexibility index (Phi) is 3.71. The van der Waals surface area contributed by atoms with Crippen LogP contribution >= 0.6 is 0 Å². The van der Waals surface area contributed by atoms with E-state index >= 15 is 0 Å². The molecule has 19 heavy (non-hydrogen) atoms. The number of benzene rings is 1. The molecule has 0 aliphatic carbocycles. The molecular weight excluding hydrogens is 242 g/mol. The molecule has 2 aromatic rings. The molecule has 1 N–H and O–H groups in total. The van der Waals surface area contributed by atoms with Gasteiger partial charge in [-0.15, -0.1) is 0 Å². The monoisotopic (exact) mass is 259 g/mol. The summed E-state index contributed by atoms with van der Waals surface area (Å²) in [6.07, 6.45) is 3.30. The molecule has 0 amide bonds. The predicted molar refractivity (Wildman–Crippen MR) is 72.5 cm³/mol. The Hall–Kier alpha value is -2.07. The summed E-state index contributed by atoms with van der Waals surface area (Å²) in [5.41, 5.74) is 0.0254. The van der Waals surface area contributed by atoms with E-state index < -0.39 is 5.60 Å². The Bertz CT molecular complexity index is 530. The Morgan fingerprint density at radius 3 is 2.16 bits per heavy atom. The van der Waals surface area contributed by atoms with Gasteiger partial charge in [0.05, 0.1) is 19.8 Å². The zero-order chi connectivity index (χ0) is 13.9. The highest BCUT2D eigenvalue weighted by Crippen LogP contribution is 2.41. The third-order valence-electron chi connectivity index (χ3n) is 3.14. The van der Waals surface area contributed by atoms with Crippen LogP contribution in [0.3, 0.4) is 0 Å². The highest BCUT2D eigenvalue weighted by molar-refractivity contribution is 5.52. The van der Waals surface area contributed by atoms with E-state index in [1.807, 2.05) is 12.1 Å². The molecule has 1 aromatic carbocycles. The highest BCUT2D eigenvalue weighted by Gasteiger charge is 2.32. The summed E-state index contributed by atoms with van der Waals surface area (Å²) in [4.78, 5) is 4.05. The van der Waals surface area contributed by atoms with E-state index in [2.05, 4.69) is 4.98 Å². The number of aromatic nitrogens is 1. The van der Waals surface area contributed by atoms with Crippen LogP contribution in [0, 0.1) is 0 Å². The smallest absolute Gasteiger partial charge is 0.129 e. The summed E-state index contributed by atoms with van der Waals surface area (Å²) in [7, 11) is 3.13. The van der Waals surface area contributed by atoms with Crippen molar-refractivity contribution in [2.45, 2.75) is 12.5 Å². The standard InChI is InChI=1S/C15H17NO3/c1-15(17,11-6-5-9-16-10-11)14-12(18-2)7-4-8-13(14)19-3/h4-10,17H,1-3H3. The molecular formula is C15H17NO3. The van der Waals surface area contributed by atoms with Crippen molar-refractivity contribution in [3.05, 3.63) is 53.9 Å². The maximum absolute atomic E-state index is 10.9. The fourth-order valence-electron chi connectivity index (χ4n) is 2.13. The summed E-state index contributed by atoms with van der Waals surface area (Å²) in [6, 6.07) is 9.01. The average Bonchev–Trinajstić information content (AvgIpc) is 2.47. The van der Waals surface area contributed by atoms with Crippen molar-refractivity contribution in [3.63, 3.8) is 0 Å². The van der Waals surface area contributed by atoms with Gasteiger partial charge in [0.25, 0.3) is 0 Å². The molecule has 0 spiro atoms. The van der Waals surface area contributed by atoms with Crippen molar-refractivity contribution < 1.29 is 14.6 Å². The maximum atomic E-state index is 10.9. The van der Waals surface area contributed by atoms with Crippen molar-refractivity contribution in [3.8, 4) is 11.5 Å². The van der Waals surface area contributed by atoms with E-state index in [4.69, 9.17) is 9.47 Å². The van der Waals surface area contributed by atoms with Gasteiger partial charge in [-0.05, 0) is 25.1 Å². The van der Waals surface area contributed by atoms with E-state index in [-0.39, 0.29) is 0 Å². The van der Waals surface area contributed by atoms with E-state index in [9.17, 15) is 5.11 Å². The molecule has 0 radical (unpaired) electrons. The molecule has 1 unspecified atom stereocenters. The summed E-state index contributed by atoms with van der Waals surface area (Å²) in [5, 5.41) is 10.9. The normalized spacial score (nSPS) is 13.7. The Balaban J connectivity index is 2.63. The minimum Gasteiger partial charge on any atom is -0.496 e. The van der Waals surface area contributed by atoms with Crippen LogP contribution in [0.2, 0.25) is 0 Å². The molecule has 0 saturated carbocycles. The lowest BCUT2D eigenvalue weighted by Crippen LogP contribution is -2.24.